The Kier molecular flexibility index (Phi) is 6.67. The molecular formula is C22H31N3OSi. The molecule has 0 radical (unpaired) electrons. The van der Waals surface area contributed by atoms with Gasteiger partial charge < -0.3 is 9.74 Å². The average Bonchev–Trinajstić information content (AvgIpc) is 2.61. The fourth-order valence-corrected chi connectivity index (χ4v) is 9.30. The van der Waals surface area contributed by atoms with E-state index in [2.05, 4.69) is 57.9 Å². The van der Waals surface area contributed by atoms with E-state index in [0.29, 0.717) is 22.2 Å². The molecule has 0 atom stereocenters. The maximum atomic E-state index is 9.16. The molecule has 1 heterocycles. The third-order valence-corrected chi connectivity index (χ3v) is 11.4. The molecule has 0 fully saturated rings. The number of anilines is 2. The molecule has 0 spiro atoms. The predicted molar refractivity (Wildman–Crippen MR) is 115 cm³/mol. The first-order valence-corrected chi connectivity index (χ1v) is 11.8. The summed E-state index contributed by atoms with van der Waals surface area (Å²) in [6.45, 7) is 15.6. The van der Waals surface area contributed by atoms with Gasteiger partial charge in [0.05, 0.1) is 23.1 Å². The molecule has 1 aromatic carbocycles. The van der Waals surface area contributed by atoms with Crippen molar-refractivity contribution in [3.8, 4) is 11.8 Å². The van der Waals surface area contributed by atoms with Crippen molar-refractivity contribution in [3.63, 3.8) is 0 Å². The van der Waals surface area contributed by atoms with Crippen LogP contribution in [0.1, 0.15) is 52.8 Å². The molecule has 0 saturated carbocycles. The molecule has 0 saturated heterocycles. The molecule has 1 N–H and O–H groups in total. The molecule has 27 heavy (non-hydrogen) atoms. The van der Waals surface area contributed by atoms with Crippen molar-refractivity contribution >= 4 is 19.7 Å². The van der Waals surface area contributed by atoms with Gasteiger partial charge in [-0.3, -0.25) is 4.98 Å². The van der Waals surface area contributed by atoms with Crippen LogP contribution in [0.5, 0.6) is 5.75 Å². The third kappa shape index (κ3) is 4.51. The zero-order valence-electron chi connectivity index (χ0n) is 17.5. The summed E-state index contributed by atoms with van der Waals surface area (Å²) >= 11 is 0. The molecule has 144 valence electrons. The maximum absolute atomic E-state index is 9.16. The van der Waals surface area contributed by atoms with Crippen LogP contribution < -0.4 is 9.74 Å². The smallest absolute Gasteiger partial charge is 0.258 e. The van der Waals surface area contributed by atoms with Crippen LogP contribution in [0, 0.1) is 18.3 Å². The third-order valence-electron chi connectivity index (χ3n) is 5.35. The number of benzene rings is 1. The van der Waals surface area contributed by atoms with Crippen molar-refractivity contribution in [2.45, 2.75) is 65.1 Å². The molecule has 0 bridgehead atoms. The number of nitriles is 1. The van der Waals surface area contributed by atoms with E-state index in [1.54, 1.807) is 6.20 Å². The van der Waals surface area contributed by atoms with Gasteiger partial charge in [-0.2, -0.15) is 5.26 Å². The van der Waals surface area contributed by atoms with Gasteiger partial charge >= 0.3 is 0 Å². The second-order valence-electron chi connectivity index (χ2n) is 8.04. The normalized spacial score (nSPS) is 11.7. The Labute approximate surface area is 164 Å². The quantitative estimate of drug-likeness (QED) is 0.552. The van der Waals surface area contributed by atoms with Gasteiger partial charge in [0.1, 0.15) is 11.8 Å². The van der Waals surface area contributed by atoms with Crippen LogP contribution in [0.2, 0.25) is 16.6 Å². The number of nitrogens with one attached hydrogen (secondary N) is 1. The van der Waals surface area contributed by atoms with Crippen LogP contribution in [0.15, 0.2) is 36.5 Å². The molecule has 2 rings (SSSR count). The van der Waals surface area contributed by atoms with Crippen LogP contribution in [0.3, 0.4) is 0 Å². The van der Waals surface area contributed by atoms with Gasteiger partial charge in [0, 0.05) is 5.69 Å². The molecule has 0 amide bonds. The Bertz CT molecular complexity index is 786. The van der Waals surface area contributed by atoms with E-state index in [9.17, 15) is 0 Å². The zero-order valence-corrected chi connectivity index (χ0v) is 18.5. The Hall–Kier alpha value is -2.32. The van der Waals surface area contributed by atoms with Gasteiger partial charge in [-0.25, -0.2) is 0 Å². The lowest BCUT2D eigenvalue weighted by atomic mass is 10.2. The number of pyridine rings is 1. The minimum atomic E-state index is -1.95. The number of rotatable bonds is 7. The molecule has 0 aliphatic rings. The summed E-state index contributed by atoms with van der Waals surface area (Å²) in [5.41, 5.74) is 4.70. The lowest BCUT2D eigenvalue weighted by Gasteiger charge is -2.42. The SMILES string of the molecule is Cc1ncc(Nc2ccc(O[Si](C(C)C)(C(C)C)C(C)C)cc2)cc1C#N. The highest BCUT2D eigenvalue weighted by Crippen LogP contribution is 2.42. The Morgan fingerprint density at radius 3 is 2.00 bits per heavy atom. The van der Waals surface area contributed by atoms with Crippen molar-refractivity contribution in [1.82, 2.24) is 4.98 Å². The molecular weight excluding hydrogens is 350 g/mol. The first-order chi connectivity index (χ1) is 12.7. The van der Waals surface area contributed by atoms with E-state index in [4.69, 9.17) is 9.69 Å². The molecule has 5 heteroatoms. The maximum Gasteiger partial charge on any atom is 0.258 e. The predicted octanol–water partition coefficient (Wildman–Crippen LogP) is 6.56. The molecule has 4 nitrogen and oxygen atoms in total. The van der Waals surface area contributed by atoms with Gasteiger partial charge in [-0.15, -0.1) is 0 Å². The van der Waals surface area contributed by atoms with Crippen molar-refractivity contribution in [2.75, 3.05) is 5.32 Å². The zero-order chi connectivity index (χ0) is 20.2. The minimum absolute atomic E-state index is 0.540. The summed E-state index contributed by atoms with van der Waals surface area (Å²) in [6, 6.07) is 12.1. The fraction of sp³-hybridized carbons (Fsp3) is 0.455. The van der Waals surface area contributed by atoms with Crippen molar-refractivity contribution < 1.29 is 4.43 Å². The summed E-state index contributed by atoms with van der Waals surface area (Å²) < 4.78 is 6.70. The highest BCUT2D eigenvalue weighted by molar-refractivity contribution is 6.78. The highest BCUT2D eigenvalue weighted by atomic mass is 28.4. The second-order valence-corrected chi connectivity index (χ2v) is 13.4. The minimum Gasteiger partial charge on any atom is -0.543 e. The number of hydrogen-bond donors (Lipinski definition) is 1. The number of aryl methyl sites for hydroxylation is 1. The van der Waals surface area contributed by atoms with E-state index in [-0.39, 0.29) is 0 Å². The monoisotopic (exact) mass is 381 g/mol. The number of hydrogen-bond acceptors (Lipinski definition) is 4. The van der Waals surface area contributed by atoms with Gasteiger partial charge in [-0.05, 0) is 53.9 Å². The van der Waals surface area contributed by atoms with Crippen LogP contribution in [-0.4, -0.2) is 13.3 Å². The van der Waals surface area contributed by atoms with Gasteiger partial charge in [0.25, 0.3) is 8.32 Å². The first-order valence-electron chi connectivity index (χ1n) is 9.63. The van der Waals surface area contributed by atoms with Gasteiger partial charge in [0.15, 0.2) is 0 Å². The Morgan fingerprint density at radius 1 is 0.963 bits per heavy atom. The largest absolute Gasteiger partial charge is 0.543 e. The summed E-state index contributed by atoms with van der Waals surface area (Å²) in [4.78, 5) is 4.27. The average molecular weight is 382 g/mol. The summed E-state index contributed by atoms with van der Waals surface area (Å²) in [5.74, 6) is 0.933. The lowest BCUT2D eigenvalue weighted by Crippen LogP contribution is -2.50. The van der Waals surface area contributed by atoms with Crippen LogP contribution in [0.25, 0.3) is 0 Å². The van der Waals surface area contributed by atoms with Crippen molar-refractivity contribution in [3.05, 3.63) is 47.8 Å². The molecule has 1 aromatic heterocycles. The summed E-state index contributed by atoms with van der Waals surface area (Å²) in [7, 11) is -1.95. The van der Waals surface area contributed by atoms with Gasteiger partial charge in [-0.1, -0.05) is 41.5 Å². The van der Waals surface area contributed by atoms with Gasteiger partial charge in [0.2, 0.25) is 0 Å². The second kappa shape index (κ2) is 8.58. The van der Waals surface area contributed by atoms with Crippen molar-refractivity contribution in [2.24, 2.45) is 0 Å². The number of nitrogens with zero attached hydrogens (tertiary/aromatic N) is 2. The summed E-state index contributed by atoms with van der Waals surface area (Å²) in [6.07, 6.45) is 1.74. The molecule has 0 aliphatic heterocycles. The fourth-order valence-electron chi connectivity index (χ4n) is 4.05. The Morgan fingerprint density at radius 2 is 1.52 bits per heavy atom. The molecule has 0 unspecified atom stereocenters. The summed E-state index contributed by atoms with van der Waals surface area (Å²) in [5, 5.41) is 12.5. The topological polar surface area (TPSA) is 57.9 Å². The van der Waals surface area contributed by atoms with Crippen LogP contribution in [-0.2, 0) is 0 Å². The Balaban J connectivity index is 2.21. The van der Waals surface area contributed by atoms with E-state index in [0.717, 1.165) is 22.8 Å². The van der Waals surface area contributed by atoms with E-state index in [1.165, 1.54) is 0 Å². The standard InChI is InChI=1S/C22H31N3OSi/c1-15(2)27(16(3)4,17(5)6)26-22-10-8-20(9-11-22)25-21-12-19(13-23)18(7)24-14-21/h8-12,14-17,25H,1-7H3. The first kappa shape index (κ1) is 21.0. The van der Waals surface area contributed by atoms with Crippen LogP contribution >= 0.6 is 0 Å². The van der Waals surface area contributed by atoms with Crippen molar-refractivity contribution in [1.29, 1.82) is 5.26 Å². The number of aromatic nitrogens is 1. The molecule has 2 aromatic rings. The highest BCUT2D eigenvalue weighted by Gasteiger charge is 2.46. The van der Waals surface area contributed by atoms with E-state index < -0.39 is 8.32 Å². The molecule has 0 aliphatic carbocycles. The lowest BCUT2D eigenvalue weighted by molar-refractivity contribution is 0.480. The van der Waals surface area contributed by atoms with E-state index >= 15 is 0 Å². The van der Waals surface area contributed by atoms with Crippen LogP contribution in [0.4, 0.5) is 11.4 Å². The van der Waals surface area contributed by atoms with E-state index in [1.807, 2.05) is 37.3 Å².